The maximum absolute atomic E-state index is 5.52. The van der Waals surface area contributed by atoms with Gasteiger partial charge in [-0.2, -0.15) is 4.37 Å². The fourth-order valence-electron chi connectivity index (χ4n) is 0.246. The fraction of sp³-hybridized carbons (Fsp3) is 0. The molecule has 1 aromatic heterocycles. The second kappa shape index (κ2) is 1.80. The van der Waals surface area contributed by atoms with Crippen LogP contribution in [0.15, 0.2) is 6.20 Å². The molecule has 0 N–H and O–H groups in total. The average Bonchev–Trinajstić information content (AvgIpc) is 1.91. The van der Waals surface area contributed by atoms with E-state index in [1.54, 1.807) is 6.20 Å². The van der Waals surface area contributed by atoms with Gasteiger partial charge in [0, 0.05) is 11.8 Å². The third-order valence-electron chi connectivity index (χ3n) is 0.594. The van der Waals surface area contributed by atoms with Crippen molar-refractivity contribution in [1.82, 2.24) is 4.37 Å². The Balaban J connectivity index is 3.12. The third kappa shape index (κ3) is 0.924. The lowest BCUT2D eigenvalue weighted by atomic mass is 10.4. The van der Waals surface area contributed by atoms with Crippen LogP contribution in [0.2, 0.25) is 4.34 Å². The number of aromatic nitrogens is 1. The molecule has 7 heavy (non-hydrogen) atoms. The largest absolute Gasteiger partial charge is 0.199 e. The minimum atomic E-state index is 0.681. The highest BCUT2D eigenvalue weighted by Crippen LogP contribution is 2.17. The molecule has 37 valence electrons. The van der Waals surface area contributed by atoms with Gasteiger partial charge >= 0.3 is 0 Å². The lowest BCUT2D eigenvalue weighted by Gasteiger charge is -1.73. The van der Waals surface area contributed by atoms with Gasteiger partial charge in [0.25, 0.3) is 0 Å². The van der Waals surface area contributed by atoms with E-state index in [2.05, 4.69) is 11.3 Å². The van der Waals surface area contributed by atoms with E-state index in [0.29, 0.717) is 4.34 Å². The Hall–Kier alpha value is -0.0800. The molecule has 0 aromatic carbocycles. The summed E-state index contributed by atoms with van der Waals surface area (Å²) in [5.74, 6) is 0. The van der Waals surface area contributed by atoms with Gasteiger partial charge in [-0.05, 0) is 18.5 Å². The first-order valence-corrected chi connectivity index (χ1v) is 2.88. The third-order valence-corrected chi connectivity index (χ3v) is 1.68. The van der Waals surface area contributed by atoms with Crippen LogP contribution >= 0.6 is 23.1 Å². The maximum Gasteiger partial charge on any atom is 0.117 e. The number of hydrogen-bond acceptors (Lipinski definition) is 2. The summed E-state index contributed by atoms with van der Waals surface area (Å²) in [6.07, 6.45) is 1.65. The first kappa shape index (κ1) is 5.06. The van der Waals surface area contributed by atoms with E-state index in [-0.39, 0.29) is 0 Å². The molecule has 0 aliphatic heterocycles. The van der Waals surface area contributed by atoms with Crippen LogP contribution in [0.3, 0.4) is 0 Å². The molecule has 0 saturated carbocycles. The standard InChI is InChI=1S/C4H3ClNS/c1-3-2-6-7-4(3)5/h2H,1H2. The number of nitrogens with zero attached hydrogens (tertiary/aromatic N) is 1. The topological polar surface area (TPSA) is 12.9 Å². The van der Waals surface area contributed by atoms with Crippen molar-refractivity contribution in [2.75, 3.05) is 0 Å². The number of halogens is 1. The van der Waals surface area contributed by atoms with E-state index in [1.165, 1.54) is 11.5 Å². The van der Waals surface area contributed by atoms with E-state index in [0.717, 1.165) is 5.56 Å². The van der Waals surface area contributed by atoms with Crippen molar-refractivity contribution in [2.45, 2.75) is 0 Å². The zero-order chi connectivity index (χ0) is 5.28. The summed E-state index contributed by atoms with van der Waals surface area (Å²) in [7, 11) is 0. The summed E-state index contributed by atoms with van der Waals surface area (Å²) in [4.78, 5) is 0. The molecule has 0 bridgehead atoms. The van der Waals surface area contributed by atoms with E-state index in [1.807, 2.05) is 0 Å². The van der Waals surface area contributed by atoms with Gasteiger partial charge < -0.3 is 0 Å². The highest BCUT2D eigenvalue weighted by Gasteiger charge is 1.92. The van der Waals surface area contributed by atoms with Crippen molar-refractivity contribution in [3.63, 3.8) is 0 Å². The van der Waals surface area contributed by atoms with Gasteiger partial charge in [-0.3, -0.25) is 0 Å². The summed E-state index contributed by atoms with van der Waals surface area (Å²) in [6, 6.07) is 0. The predicted molar refractivity (Wildman–Crippen MR) is 31.6 cm³/mol. The van der Waals surface area contributed by atoms with Crippen LogP contribution in [-0.4, -0.2) is 4.37 Å². The lowest BCUT2D eigenvalue weighted by Crippen LogP contribution is -1.55. The number of hydrogen-bond donors (Lipinski definition) is 0. The van der Waals surface area contributed by atoms with Crippen molar-refractivity contribution in [1.29, 1.82) is 0 Å². The van der Waals surface area contributed by atoms with E-state index >= 15 is 0 Å². The fourth-order valence-corrected chi connectivity index (χ4v) is 0.856. The normalized spacial score (nSPS) is 9.43. The van der Waals surface area contributed by atoms with Crippen LogP contribution in [0.1, 0.15) is 5.56 Å². The van der Waals surface area contributed by atoms with E-state index in [4.69, 9.17) is 11.6 Å². The van der Waals surface area contributed by atoms with E-state index in [9.17, 15) is 0 Å². The van der Waals surface area contributed by atoms with Crippen LogP contribution in [0.5, 0.6) is 0 Å². The Kier molecular flexibility index (Phi) is 1.30. The molecular weight excluding hydrogens is 130 g/mol. The summed E-state index contributed by atoms with van der Waals surface area (Å²) in [5, 5.41) is 0. The van der Waals surface area contributed by atoms with Crippen LogP contribution < -0.4 is 0 Å². The van der Waals surface area contributed by atoms with Crippen molar-refractivity contribution >= 4 is 23.1 Å². The number of rotatable bonds is 0. The van der Waals surface area contributed by atoms with Crippen LogP contribution in [0.25, 0.3) is 0 Å². The van der Waals surface area contributed by atoms with Crippen LogP contribution in [-0.2, 0) is 0 Å². The molecule has 0 saturated heterocycles. The molecule has 0 aliphatic rings. The average molecular weight is 133 g/mol. The Bertz CT molecular complexity index is 144. The summed E-state index contributed by atoms with van der Waals surface area (Å²) in [6.45, 7) is 3.60. The first-order chi connectivity index (χ1) is 3.30. The van der Waals surface area contributed by atoms with Crippen LogP contribution in [0.4, 0.5) is 0 Å². The Labute approximate surface area is 51.1 Å². The monoisotopic (exact) mass is 132 g/mol. The Morgan fingerprint density at radius 3 is 2.71 bits per heavy atom. The zero-order valence-corrected chi connectivity index (χ0v) is 5.09. The zero-order valence-electron chi connectivity index (χ0n) is 3.52. The summed E-state index contributed by atoms with van der Waals surface area (Å²) < 4.78 is 4.45. The molecule has 0 unspecified atom stereocenters. The minimum absolute atomic E-state index is 0.681. The Morgan fingerprint density at radius 2 is 2.57 bits per heavy atom. The van der Waals surface area contributed by atoms with Gasteiger partial charge in [-0.25, -0.2) is 0 Å². The highest BCUT2D eigenvalue weighted by atomic mass is 35.5. The van der Waals surface area contributed by atoms with Crippen LogP contribution in [0, 0.1) is 6.92 Å². The smallest absolute Gasteiger partial charge is 0.117 e. The molecule has 1 rings (SSSR count). The second-order valence-corrected chi connectivity index (χ2v) is 2.53. The summed E-state index contributed by atoms with van der Waals surface area (Å²) >= 11 is 6.78. The van der Waals surface area contributed by atoms with Gasteiger partial charge in [0.1, 0.15) is 4.34 Å². The minimum Gasteiger partial charge on any atom is -0.199 e. The van der Waals surface area contributed by atoms with Gasteiger partial charge in [0.05, 0.1) is 0 Å². The molecule has 1 heterocycles. The molecule has 1 radical (unpaired) electrons. The van der Waals surface area contributed by atoms with Crippen molar-refractivity contribution in [3.05, 3.63) is 23.0 Å². The molecule has 0 aliphatic carbocycles. The molecule has 1 aromatic rings. The quantitative estimate of drug-likeness (QED) is 0.526. The molecular formula is C4H3ClNS. The first-order valence-electron chi connectivity index (χ1n) is 1.73. The molecule has 0 amide bonds. The molecule has 0 atom stereocenters. The predicted octanol–water partition coefficient (Wildman–Crippen LogP) is 1.98. The molecule has 0 fully saturated rings. The molecule has 1 nitrogen and oxygen atoms in total. The van der Waals surface area contributed by atoms with Gasteiger partial charge in [0.2, 0.25) is 0 Å². The van der Waals surface area contributed by atoms with Gasteiger partial charge in [-0.15, -0.1) is 0 Å². The van der Waals surface area contributed by atoms with Crippen molar-refractivity contribution < 1.29 is 0 Å². The maximum atomic E-state index is 5.52. The highest BCUT2D eigenvalue weighted by molar-refractivity contribution is 7.10. The summed E-state index contributed by atoms with van der Waals surface area (Å²) in [5.41, 5.74) is 0.812. The van der Waals surface area contributed by atoms with Gasteiger partial charge in [-0.1, -0.05) is 11.6 Å². The molecule has 3 heteroatoms. The Morgan fingerprint density at radius 1 is 1.86 bits per heavy atom. The SMILES string of the molecule is [CH2]c1cnsc1Cl. The lowest BCUT2D eigenvalue weighted by molar-refractivity contribution is 1.54. The van der Waals surface area contributed by atoms with Crippen molar-refractivity contribution in [2.24, 2.45) is 0 Å². The molecule has 0 spiro atoms. The van der Waals surface area contributed by atoms with Crippen molar-refractivity contribution in [3.8, 4) is 0 Å². The van der Waals surface area contributed by atoms with E-state index < -0.39 is 0 Å². The van der Waals surface area contributed by atoms with Gasteiger partial charge in [0.15, 0.2) is 0 Å². The second-order valence-electron chi connectivity index (χ2n) is 1.12.